The van der Waals surface area contributed by atoms with Crippen LogP contribution in [-0.2, 0) is 38.0 Å². The number of benzene rings is 3. The van der Waals surface area contributed by atoms with E-state index in [9.17, 15) is 22.8 Å². The maximum Gasteiger partial charge on any atom is 0.412 e. The number of esters is 1. The summed E-state index contributed by atoms with van der Waals surface area (Å²) in [6.45, 7) is 5.01. The van der Waals surface area contributed by atoms with E-state index in [0.717, 1.165) is 42.7 Å². The molecule has 5 aromatic rings. The van der Waals surface area contributed by atoms with Crippen LogP contribution < -0.4 is 15.5 Å². The van der Waals surface area contributed by atoms with Gasteiger partial charge in [-0.2, -0.15) is 8.42 Å². The van der Waals surface area contributed by atoms with E-state index < -0.39 is 16.2 Å². The quantitative estimate of drug-likeness (QED) is 0.0271. The van der Waals surface area contributed by atoms with Crippen LogP contribution in [0.1, 0.15) is 67.7 Å². The Hall–Kier alpha value is -6.13. The van der Waals surface area contributed by atoms with Crippen molar-refractivity contribution in [1.82, 2.24) is 19.9 Å². The van der Waals surface area contributed by atoms with Crippen molar-refractivity contribution in [3.63, 3.8) is 0 Å². The standard InChI is InChI=1S/C34H41N7O5.C6H6O3S/c1-4-6-7-10-21-46-34(44)39-32(35)24-12-15-26(16-13-24)37-23-30-38-27-22-25(14-17-28(27)40(30)3)33(43)41(20-18-31(42)45-5-2)29-11-8-9-19-36-29;7-10(8,9)6-4-2-1-3-5-6/h8-9,11-17,19,22,37H,4-7,10,18,20-21,23H2,1-3H3,(H2,35,39,44);1-5H,(H,7,8,9). The summed E-state index contributed by atoms with van der Waals surface area (Å²) in [4.78, 5) is 48.1. The van der Waals surface area contributed by atoms with Crippen molar-refractivity contribution in [3.8, 4) is 0 Å². The SMILES string of the molecule is CCCCCCOC(=O)NC(=N)c1ccc(NCc2nc3cc(C(=O)N(CCC(=O)OCC)c4ccccn4)ccc3n2C)cc1.O=S(=O)(O)c1ccccc1. The third kappa shape index (κ3) is 12.7. The number of pyridine rings is 1. The van der Waals surface area contributed by atoms with E-state index in [4.69, 9.17) is 24.4 Å². The molecule has 0 unspecified atom stereocenters. The highest BCUT2D eigenvalue weighted by atomic mass is 32.2. The second-order valence-corrected chi connectivity index (χ2v) is 13.8. The number of fused-ring (bicyclic) bond motifs is 1. The molecule has 0 fully saturated rings. The number of alkyl carbamates (subject to hydrolysis) is 1. The first-order chi connectivity index (χ1) is 26.9. The van der Waals surface area contributed by atoms with Crippen molar-refractivity contribution in [2.24, 2.45) is 7.05 Å². The maximum atomic E-state index is 13.6. The van der Waals surface area contributed by atoms with Crippen molar-refractivity contribution in [2.45, 2.75) is 57.4 Å². The minimum Gasteiger partial charge on any atom is -0.466 e. The topological polar surface area (TPSA) is 206 Å². The lowest BCUT2D eigenvalue weighted by Crippen LogP contribution is -2.34. The minimum absolute atomic E-state index is 0.0340. The zero-order valence-corrected chi connectivity index (χ0v) is 32.4. The van der Waals surface area contributed by atoms with Crippen LogP contribution in [-0.4, -0.2) is 71.1 Å². The van der Waals surface area contributed by atoms with E-state index in [1.165, 1.54) is 17.0 Å². The number of ether oxygens (including phenoxy) is 2. The summed E-state index contributed by atoms with van der Waals surface area (Å²) in [6, 6.07) is 25.2. The van der Waals surface area contributed by atoms with Gasteiger partial charge in [0.25, 0.3) is 16.0 Å². The van der Waals surface area contributed by atoms with Crippen LogP contribution in [0.4, 0.5) is 16.3 Å². The molecule has 0 saturated heterocycles. The number of nitrogens with zero attached hydrogens (tertiary/aromatic N) is 4. The van der Waals surface area contributed by atoms with Crippen molar-refractivity contribution < 1.29 is 36.8 Å². The predicted octanol–water partition coefficient (Wildman–Crippen LogP) is 6.75. The summed E-state index contributed by atoms with van der Waals surface area (Å²) in [5.74, 6) is 0.483. The zero-order chi connectivity index (χ0) is 40.5. The number of aromatic nitrogens is 3. The Morgan fingerprint density at radius 2 is 1.61 bits per heavy atom. The lowest BCUT2D eigenvalue weighted by atomic mass is 10.1. The molecule has 0 aliphatic heterocycles. The predicted molar refractivity (Wildman–Crippen MR) is 213 cm³/mol. The number of amidine groups is 1. The molecule has 0 aliphatic rings. The average molecular weight is 786 g/mol. The van der Waals surface area contributed by atoms with Gasteiger partial charge in [0.2, 0.25) is 0 Å². The lowest BCUT2D eigenvalue weighted by molar-refractivity contribution is -0.142. The van der Waals surface area contributed by atoms with E-state index in [1.807, 2.05) is 29.8 Å². The van der Waals surface area contributed by atoms with E-state index >= 15 is 0 Å². The number of hydrogen-bond donors (Lipinski definition) is 4. The molecule has 296 valence electrons. The largest absolute Gasteiger partial charge is 0.466 e. The number of hydrogen-bond acceptors (Lipinski definition) is 11. The van der Waals surface area contributed by atoms with Crippen LogP contribution in [0.25, 0.3) is 11.0 Å². The monoisotopic (exact) mass is 785 g/mol. The molecule has 16 heteroatoms. The summed E-state index contributed by atoms with van der Waals surface area (Å²) in [5, 5.41) is 14.0. The van der Waals surface area contributed by atoms with E-state index in [0.29, 0.717) is 35.6 Å². The third-order valence-corrected chi connectivity index (χ3v) is 9.23. The first-order valence-electron chi connectivity index (χ1n) is 18.1. The second-order valence-electron chi connectivity index (χ2n) is 12.4. The Morgan fingerprint density at radius 1 is 0.893 bits per heavy atom. The lowest BCUT2D eigenvalue weighted by Gasteiger charge is -2.21. The number of rotatable bonds is 16. The number of amides is 2. The number of carbonyl (C=O) groups is 3. The Balaban J connectivity index is 0.000000604. The van der Waals surface area contributed by atoms with Crippen LogP contribution in [0.15, 0.2) is 102 Å². The summed E-state index contributed by atoms with van der Waals surface area (Å²) in [7, 11) is -2.09. The summed E-state index contributed by atoms with van der Waals surface area (Å²) in [5.41, 5.74) is 3.30. The molecular weight excluding hydrogens is 739 g/mol. The Kier molecular flexibility index (Phi) is 16.0. The fourth-order valence-electron chi connectivity index (χ4n) is 5.40. The van der Waals surface area contributed by atoms with Crippen LogP contribution in [0.3, 0.4) is 0 Å². The molecule has 4 N–H and O–H groups in total. The van der Waals surface area contributed by atoms with E-state index in [-0.39, 0.29) is 42.2 Å². The molecule has 2 aromatic heterocycles. The average Bonchev–Trinajstić information content (AvgIpc) is 3.52. The molecule has 2 heterocycles. The zero-order valence-electron chi connectivity index (χ0n) is 31.6. The first-order valence-corrected chi connectivity index (χ1v) is 19.6. The summed E-state index contributed by atoms with van der Waals surface area (Å²) in [6.07, 6.45) is 5.05. The van der Waals surface area contributed by atoms with Crippen LogP contribution in [0, 0.1) is 5.41 Å². The number of carbonyl (C=O) groups excluding carboxylic acids is 3. The third-order valence-electron chi connectivity index (χ3n) is 8.36. The molecule has 0 bridgehead atoms. The fourth-order valence-corrected chi connectivity index (χ4v) is 5.90. The highest BCUT2D eigenvalue weighted by molar-refractivity contribution is 7.85. The van der Waals surface area contributed by atoms with Crippen molar-refractivity contribution in [1.29, 1.82) is 5.41 Å². The van der Waals surface area contributed by atoms with Gasteiger partial charge in [0, 0.05) is 36.6 Å². The highest BCUT2D eigenvalue weighted by Gasteiger charge is 2.21. The molecule has 15 nitrogen and oxygen atoms in total. The Labute approximate surface area is 326 Å². The smallest absolute Gasteiger partial charge is 0.412 e. The van der Waals surface area contributed by atoms with E-state index in [2.05, 4.69) is 22.5 Å². The van der Waals surface area contributed by atoms with Gasteiger partial charge in [-0.05, 0) is 80.1 Å². The molecule has 5 rings (SSSR count). The summed E-state index contributed by atoms with van der Waals surface area (Å²) >= 11 is 0. The molecule has 0 atom stereocenters. The molecule has 3 aromatic carbocycles. The minimum atomic E-state index is -4.00. The van der Waals surface area contributed by atoms with Gasteiger partial charge in [0.1, 0.15) is 17.5 Å². The first kappa shape index (κ1) is 42.6. The van der Waals surface area contributed by atoms with Gasteiger partial charge in [0.05, 0.1) is 42.1 Å². The van der Waals surface area contributed by atoms with Crippen molar-refractivity contribution in [3.05, 3.63) is 114 Å². The van der Waals surface area contributed by atoms with Crippen molar-refractivity contribution >= 4 is 56.5 Å². The number of unbranched alkanes of at least 4 members (excludes halogenated alkanes) is 3. The Bertz CT molecular complexity index is 2180. The second kappa shape index (κ2) is 21.1. The van der Waals surface area contributed by atoms with Gasteiger partial charge in [-0.25, -0.2) is 14.8 Å². The molecule has 2 amide bonds. The highest BCUT2D eigenvalue weighted by Crippen LogP contribution is 2.21. The van der Waals surface area contributed by atoms with Crippen LogP contribution >= 0.6 is 0 Å². The Morgan fingerprint density at radius 3 is 2.25 bits per heavy atom. The van der Waals surface area contributed by atoms with Crippen molar-refractivity contribution in [2.75, 3.05) is 30.0 Å². The normalized spacial score (nSPS) is 10.9. The molecule has 0 radical (unpaired) electrons. The van der Waals surface area contributed by atoms with Gasteiger partial charge in [-0.15, -0.1) is 0 Å². The van der Waals surface area contributed by atoms with Gasteiger partial charge in [0.15, 0.2) is 0 Å². The number of nitrogens with one attached hydrogen (secondary N) is 3. The summed E-state index contributed by atoms with van der Waals surface area (Å²) < 4.78 is 41.4. The van der Waals surface area contributed by atoms with E-state index in [1.54, 1.807) is 73.8 Å². The number of imidazole rings is 1. The molecule has 56 heavy (non-hydrogen) atoms. The molecule has 0 saturated carbocycles. The van der Waals surface area contributed by atoms with Gasteiger partial charge >= 0.3 is 12.1 Å². The molecular formula is C40H47N7O8S. The fraction of sp³-hybridized carbons (Fsp3) is 0.300. The number of anilines is 2. The van der Waals surface area contributed by atoms with Crippen LogP contribution in [0.5, 0.6) is 0 Å². The maximum absolute atomic E-state index is 13.6. The molecule has 0 spiro atoms. The molecule has 0 aliphatic carbocycles. The number of aryl methyl sites for hydroxylation is 1. The van der Waals surface area contributed by atoms with Gasteiger partial charge in [-0.3, -0.25) is 29.8 Å². The van der Waals surface area contributed by atoms with Crippen LogP contribution in [0.2, 0.25) is 0 Å². The van der Waals surface area contributed by atoms with Gasteiger partial charge in [-0.1, -0.05) is 50.5 Å². The van der Waals surface area contributed by atoms with Gasteiger partial charge < -0.3 is 19.4 Å².